The van der Waals surface area contributed by atoms with Crippen molar-refractivity contribution < 1.29 is 4.74 Å². The van der Waals surface area contributed by atoms with Crippen LogP contribution in [-0.4, -0.2) is 17.3 Å². The molecule has 0 amide bonds. The second kappa shape index (κ2) is 10.9. The molecule has 3 heteroatoms. The van der Waals surface area contributed by atoms with Crippen LogP contribution in [0.25, 0.3) is 11.1 Å². The van der Waals surface area contributed by atoms with Crippen molar-refractivity contribution in [1.29, 1.82) is 0 Å². The van der Waals surface area contributed by atoms with Gasteiger partial charge in [-0.1, -0.05) is 51.5 Å². The molecule has 0 N–H and O–H groups in total. The third-order valence-electron chi connectivity index (χ3n) is 5.40. The Hall–Kier alpha value is -2.94. The van der Waals surface area contributed by atoms with Gasteiger partial charge >= 0.3 is 0 Å². The number of aliphatic imine (C=N–C) groups is 1. The van der Waals surface area contributed by atoms with Crippen LogP contribution in [-0.2, 0) is 0 Å². The van der Waals surface area contributed by atoms with E-state index in [1.54, 1.807) is 0 Å². The van der Waals surface area contributed by atoms with Crippen molar-refractivity contribution in [3.63, 3.8) is 0 Å². The molecule has 0 aliphatic heterocycles. The molecule has 0 spiro atoms. The van der Waals surface area contributed by atoms with Gasteiger partial charge in [0, 0.05) is 17.5 Å². The fourth-order valence-electron chi connectivity index (χ4n) is 3.46. The highest BCUT2D eigenvalue weighted by Gasteiger charge is 2.07. The van der Waals surface area contributed by atoms with E-state index in [1.807, 2.05) is 18.3 Å². The van der Waals surface area contributed by atoms with Crippen LogP contribution in [0, 0.1) is 13.8 Å². The van der Waals surface area contributed by atoms with E-state index >= 15 is 0 Å². The summed E-state index contributed by atoms with van der Waals surface area (Å²) in [6.45, 7) is 11.3. The van der Waals surface area contributed by atoms with Gasteiger partial charge in [0.2, 0.25) is 0 Å². The van der Waals surface area contributed by atoms with Crippen molar-refractivity contribution in [2.75, 3.05) is 6.61 Å². The van der Waals surface area contributed by atoms with Gasteiger partial charge in [0.25, 0.3) is 0 Å². The van der Waals surface area contributed by atoms with E-state index in [9.17, 15) is 0 Å². The molecule has 0 saturated heterocycles. The summed E-state index contributed by atoms with van der Waals surface area (Å²) in [4.78, 5) is 9.59. The van der Waals surface area contributed by atoms with Crippen molar-refractivity contribution in [2.24, 2.45) is 4.99 Å². The molecule has 0 bridgehead atoms. The number of unbranched alkanes of at least 4 members (excludes halogenated alkanes) is 1. The standard InChI is InChI=1S/C28H34N2O/c1-6-7-10-25(19-31-26-11-8-9-21(4)16-26)30-28-15-12-23(17-22(28)5)24-13-14-27(20(2)3)29-18-24/h8-9,11-18,20H,6-7,10,19H2,1-5H3/b30-25+. The SMILES string of the molecule is CCCC/C(COc1cccc(C)c1)=N\c1ccc(-c2ccc(C(C)C)nc2)cc1C. The van der Waals surface area contributed by atoms with Gasteiger partial charge in [-0.3, -0.25) is 9.98 Å². The zero-order valence-corrected chi connectivity index (χ0v) is 19.5. The van der Waals surface area contributed by atoms with Crippen molar-refractivity contribution in [2.45, 2.75) is 59.8 Å². The van der Waals surface area contributed by atoms with Gasteiger partial charge < -0.3 is 4.74 Å². The maximum absolute atomic E-state index is 6.04. The van der Waals surface area contributed by atoms with E-state index in [0.29, 0.717) is 12.5 Å². The fourth-order valence-corrected chi connectivity index (χ4v) is 3.46. The van der Waals surface area contributed by atoms with Crippen molar-refractivity contribution in [3.8, 4) is 16.9 Å². The minimum Gasteiger partial charge on any atom is -0.488 e. The first-order chi connectivity index (χ1) is 15.0. The first kappa shape index (κ1) is 22.7. The maximum atomic E-state index is 6.04. The van der Waals surface area contributed by atoms with Crippen LogP contribution in [0.3, 0.4) is 0 Å². The predicted octanol–water partition coefficient (Wildman–Crippen LogP) is 7.83. The third kappa shape index (κ3) is 6.52. The van der Waals surface area contributed by atoms with Gasteiger partial charge in [-0.05, 0) is 79.6 Å². The van der Waals surface area contributed by atoms with E-state index in [4.69, 9.17) is 9.73 Å². The van der Waals surface area contributed by atoms with Crippen molar-refractivity contribution in [3.05, 3.63) is 77.6 Å². The number of aromatic nitrogens is 1. The van der Waals surface area contributed by atoms with Crippen LogP contribution in [0.15, 0.2) is 65.8 Å². The van der Waals surface area contributed by atoms with Gasteiger partial charge in [-0.25, -0.2) is 0 Å². The molecule has 3 rings (SSSR count). The molecular weight excluding hydrogens is 380 g/mol. The molecule has 0 aliphatic carbocycles. The Kier molecular flexibility index (Phi) is 8.00. The second-order valence-corrected chi connectivity index (χ2v) is 8.51. The van der Waals surface area contributed by atoms with Crippen LogP contribution >= 0.6 is 0 Å². The van der Waals surface area contributed by atoms with Crippen molar-refractivity contribution >= 4 is 11.4 Å². The molecule has 0 atom stereocenters. The zero-order valence-electron chi connectivity index (χ0n) is 19.5. The lowest BCUT2D eigenvalue weighted by atomic mass is 10.0. The van der Waals surface area contributed by atoms with Gasteiger partial charge in [-0.2, -0.15) is 0 Å². The Morgan fingerprint density at radius 2 is 1.81 bits per heavy atom. The van der Waals surface area contributed by atoms with Crippen LogP contribution in [0.5, 0.6) is 5.75 Å². The second-order valence-electron chi connectivity index (χ2n) is 8.51. The minimum absolute atomic E-state index is 0.441. The molecule has 3 nitrogen and oxygen atoms in total. The number of hydrogen-bond acceptors (Lipinski definition) is 3. The van der Waals surface area contributed by atoms with E-state index in [0.717, 1.165) is 53.2 Å². The van der Waals surface area contributed by atoms with E-state index < -0.39 is 0 Å². The minimum atomic E-state index is 0.441. The lowest BCUT2D eigenvalue weighted by molar-refractivity contribution is 0.373. The summed E-state index contributed by atoms with van der Waals surface area (Å²) in [5.41, 5.74) is 7.89. The number of benzene rings is 2. The smallest absolute Gasteiger partial charge is 0.126 e. The number of aryl methyl sites for hydroxylation is 2. The van der Waals surface area contributed by atoms with Gasteiger partial charge in [0.05, 0.1) is 11.4 Å². The number of rotatable bonds is 9. The molecule has 3 aromatic rings. The van der Waals surface area contributed by atoms with Gasteiger partial charge in [0.1, 0.15) is 12.4 Å². The lowest BCUT2D eigenvalue weighted by Gasteiger charge is -2.12. The summed E-state index contributed by atoms with van der Waals surface area (Å²) in [6.07, 6.45) is 5.17. The molecule has 1 heterocycles. The molecule has 0 radical (unpaired) electrons. The average Bonchev–Trinajstić information content (AvgIpc) is 2.77. The number of ether oxygens (including phenoxy) is 1. The first-order valence-corrected chi connectivity index (χ1v) is 11.3. The lowest BCUT2D eigenvalue weighted by Crippen LogP contribution is -2.11. The van der Waals surface area contributed by atoms with E-state index in [-0.39, 0.29) is 0 Å². The van der Waals surface area contributed by atoms with Gasteiger partial charge in [0.15, 0.2) is 0 Å². The molecule has 2 aromatic carbocycles. The summed E-state index contributed by atoms with van der Waals surface area (Å²) in [5.74, 6) is 1.34. The average molecular weight is 415 g/mol. The maximum Gasteiger partial charge on any atom is 0.126 e. The van der Waals surface area contributed by atoms with Crippen LogP contribution in [0.4, 0.5) is 5.69 Å². The highest BCUT2D eigenvalue weighted by atomic mass is 16.5. The monoisotopic (exact) mass is 414 g/mol. The first-order valence-electron chi connectivity index (χ1n) is 11.3. The number of hydrogen-bond donors (Lipinski definition) is 0. The summed E-state index contributed by atoms with van der Waals surface area (Å²) in [5, 5.41) is 0. The van der Waals surface area contributed by atoms with E-state index in [2.05, 4.69) is 82.1 Å². The molecule has 0 fully saturated rings. The Bertz CT molecular complexity index is 1020. The van der Waals surface area contributed by atoms with E-state index in [1.165, 1.54) is 11.1 Å². The summed E-state index contributed by atoms with van der Waals surface area (Å²) in [7, 11) is 0. The fraction of sp³-hybridized carbons (Fsp3) is 0.357. The largest absolute Gasteiger partial charge is 0.488 e. The topological polar surface area (TPSA) is 34.5 Å². The summed E-state index contributed by atoms with van der Waals surface area (Å²) in [6, 6.07) is 18.9. The Labute approximate surface area is 187 Å². The molecule has 0 unspecified atom stereocenters. The Balaban J connectivity index is 1.78. The highest BCUT2D eigenvalue weighted by molar-refractivity contribution is 5.89. The number of pyridine rings is 1. The highest BCUT2D eigenvalue weighted by Crippen LogP contribution is 2.27. The summed E-state index contributed by atoms with van der Waals surface area (Å²) >= 11 is 0. The molecule has 162 valence electrons. The zero-order chi connectivity index (χ0) is 22.2. The van der Waals surface area contributed by atoms with Crippen LogP contribution < -0.4 is 4.74 Å². The normalized spacial score (nSPS) is 11.7. The quantitative estimate of drug-likeness (QED) is 0.334. The Morgan fingerprint density at radius 3 is 2.45 bits per heavy atom. The number of nitrogens with zero attached hydrogens (tertiary/aromatic N) is 2. The van der Waals surface area contributed by atoms with Crippen LogP contribution in [0.1, 0.15) is 62.8 Å². The van der Waals surface area contributed by atoms with Crippen LogP contribution in [0.2, 0.25) is 0 Å². The predicted molar refractivity (Wildman–Crippen MR) is 132 cm³/mol. The molecule has 0 saturated carbocycles. The third-order valence-corrected chi connectivity index (χ3v) is 5.40. The van der Waals surface area contributed by atoms with Crippen molar-refractivity contribution in [1.82, 2.24) is 4.98 Å². The molecular formula is C28H34N2O. The summed E-state index contributed by atoms with van der Waals surface area (Å²) < 4.78 is 6.04. The van der Waals surface area contributed by atoms with Gasteiger partial charge in [-0.15, -0.1) is 0 Å². The Morgan fingerprint density at radius 1 is 1.00 bits per heavy atom. The molecule has 31 heavy (non-hydrogen) atoms. The molecule has 0 aliphatic rings. The molecule has 1 aromatic heterocycles.